The standard InChI is InChI=1S/C32H28N6O6S/c39-30(24-19-25(37(41)42)21-26(20-24)38(43)44)34-32(45)33-28-14-8-7-13-27(28)31(40)36-17-15-35(16-18-36)29(22-9-3-1-4-10-22)23-11-5-2-6-12-23/h1-14,19-21,29H,15-18H2,(H2,33,34,39,45). The molecule has 0 aromatic heterocycles. The Hall–Kier alpha value is -5.53. The van der Waals surface area contributed by atoms with Gasteiger partial charge in [-0.2, -0.15) is 0 Å². The summed E-state index contributed by atoms with van der Waals surface area (Å²) in [5.41, 5.74) is 1.52. The summed E-state index contributed by atoms with van der Waals surface area (Å²) < 4.78 is 0. The van der Waals surface area contributed by atoms with Gasteiger partial charge in [0, 0.05) is 38.3 Å². The molecule has 0 bridgehead atoms. The number of thiocarbonyl (C=S) groups is 1. The van der Waals surface area contributed by atoms with Gasteiger partial charge in [0.15, 0.2) is 5.11 Å². The molecule has 4 aromatic rings. The first-order valence-electron chi connectivity index (χ1n) is 14.0. The quantitative estimate of drug-likeness (QED) is 0.154. The second kappa shape index (κ2) is 13.8. The summed E-state index contributed by atoms with van der Waals surface area (Å²) in [7, 11) is 0. The summed E-state index contributed by atoms with van der Waals surface area (Å²) in [6.45, 7) is 2.30. The van der Waals surface area contributed by atoms with Crippen molar-refractivity contribution in [2.75, 3.05) is 31.5 Å². The van der Waals surface area contributed by atoms with Crippen LogP contribution < -0.4 is 10.6 Å². The van der Waals surface area contributed by atoms with Gasteiger partial charge >= 0.3 is 0 Å². The van der Waals surface area contributed by atoms with Crippen LogP contribution in [0.1, 0.15) is 37.9 Å². The molecule has 0 radical (unpaired) electrons. The maximum atomic E-state index is 13.7. The number of nitro benzene ring substituents is 2. The van der Waals surface area contributed by atoms with E-state index < -0.39 is 27.1 Å². The molecular formula is C32H28N6O6S. The van der Waals surface area contributed by atoms with Crippen LogP contribution in [0, 0.1) is 20.2 Å². The van der Waals surface area contributed by atoms with Gasteiger partial charge in [0.2, 0.25) is 0 Å². The van der Waals surface area contributed by atoms with E-state index in [1.165, 1.54) is 11.1 Å². The number of hydrogen-bond donors (Lipinski definition) is 2. The highest BCUT2D eigenvalue weighted by molar-refractivity contribution is 7.80. The fourth-order valence-corrected chi connectivity index (χ4v) is 5.49. The van der Waals surface area contributed by atoms with Crippen LogP contribution in [0.25, 0.3) is 0 Å². The molecule has 1 saturated heterocycles. The van der Waals surface area contributed by atoms with E-state index in [1.54, 1.807) is 29.2 Å². The third-order valence-electron chi connectivity index (χ3n) is 7.42. The summed E-state index contributed by atoms with van der Waals surface area (Å²) in [6.07, 6.45) is 0. The Kier molecular flexibility index (Phi) is 9.51. The van der Waals surface area contributed by atoms with Crippen molar-refractivity contribution in [2.24, 2.45) is 0 Å². The third-order valence-corrected chi connectivity index (χ3v) is 7.62. The number of non-ortho nitro benzene ring substituents is 2. The Bertz CT molecular complexity index is 1670. The lowest BCUT2D eigenvalue weighted by molar-refractivity contribution is -0.394. The summed E-state index contributed by atoms with van der Waals surface area (Å²) in [5.74, 6) is -1.09. The summed E-state index contributed by atoms with van der Waals surface area (Å²) >= 11 is 5.28. The number of nitrogens with one attached hydrogen (secondary N) is 2. The first-order chi connectivity index (χ1) is 21.7. The lowest BCUT2D eigenvalue weighted by Gasteiger charge is -2.40. The number of piperazine rings is 1. The lowest BCUT2D eigenvalue weighted by atomic mass is 9.96. The van der Waals surface area contributed by atoms with Crippen LogP contribution >= 0.6 is 12.2 Å². The number of nitrogens with zero attached hydrogens (tertiary/aromatic N) is 4. The van der Waals surface area contributed by atoms with Crippen LogP contribution in [-0.2, 0) is 0 Å². The molecule has 228 valence electrons. The van der Waals surface area contributed by atoms with Crippen molar-refractivity contribution in [3.05, 3.63) is 146 Å². The Morgan fingerprint density at radius 2 is 1.24 bits per heavy atom. The number of carbonyl (C=O) groups excluding carboxylic acids is 2. The van der Waals surface area contributed by atoms with E-state index in [2.05, 4.69) is 39.8 Å². The molecule has 2 amide bonds. The highest BCUT2D eigenvalue weighted by atomic mass is 32.1. The first-order valence-corrected chi connectivity index (χ1v) is 14.4. The number of benzene rings is 4. The predicted octanol–water partition coefficient (Wildman–Crippen LogP) is 5.18. The molecule has 1 aliphatic rings. The number of nitro groups is 2. The SMILES string of the molecule is O=C(NC(=S)Nc1ccccc1C(=O)N1CCN(C(c2ccccc2)c2ccccc2)CC1)c1cc([N+](=O)[O-])cc([N+](=O)[O-])c1. The molecule has 0 unspecified atom stereocenters. The van der Waals surface area contributed by atoms with E-state index in [-0.39, 0.29) is 22.6 Å². The zero-order chi connectivity index (χ0) is 31.9. The van der Waals surface area contributed by atoms with Gasteiger partial charge in [-0.1, -0.05) is 72.8 Å². The van der Waals surface area contributed by atoms with Gasteiger partial charge in [-0.15, -0.1) is 0 Å². The molecular weight excluding hydrogens is 596 g/mol. The van der Waals surface area contributed by atoms with Crippen LogP contribution in [0.5, 0.6) is 0 Å². The second-order valence-electron chi connectivity index (χ2n) is 10.3. The van der Waals surface area contributed by atoms with Gasteiger partial charge in [-0.3, -0.25) is 40.0 Å². The third kappa shape index (κ3) is 7.34. The summed E-state index contributed by atoms with van der Waals surface area (Å²) in [6, 6.07) is 29.9. The Morgan fingerprint density at radius 3 is 1.78 bits per heavy atom. The Labute approximate surface area is 263 Å². The van der Waals surface area contributed by atoms with E-state index in [4.69, 9.17) is 12.2 Å². The molecule has 45 heavy (non-hydrogen) atoms. The molecule has 0 atom stereocenters. The summed E-state index contributed by atoms with van der Waals surface area (Å²) in [4.78, 5) is 51.3. The molecule has 5 rings (SSSR count). The minimum atomic E-state index is -0.884. The first kappa shape index (κ1) is 30.9. The second-order valence-corrected chi connectivity index (χ2v) is 10.7. The largest absolute Gasteiger partial charge is 0.336 e. The molecule has 2 N–H and O–H groups in total. The van der Waals surface area contributed by atoms with Gasteiger partial charge < -0.3 is 10.2 Å². The van der Waals surface area contributed by atoms with Crippen LogP contribution in [0.15, 0.2) is 103 Å². The Balaban J connectivity index is 1.26. The smallest absolute Gasteiger partial charge is 0.277 e. The zero-order valence-corrected chi connectivity index (χ0v) is 24.7. The molecule has 12 nitrogen and oxygen atoms in total. The maximum Gasteiger partial charge on any atom is 0.277 e. The van der Waals surface area contributed by atoms with E-state index in [0.29, 0.717) is 37.4 Å². The van der Waals surface area contributed by atoms with Crippen LogP contribution in [0.3, 0.4) is 0 Å². The molecule has 1 aliphatic heterocycles. The molecule has 1 heterocycles. The van der Waals surface area contributed by atoms with Crippen LogP contribution in [-0.4, -0.2) is 62.8 Å². The van der Waals surface area contributed by atoms with Crippen LogP contribution in [0.4, 0.5) is 17.1 Å². The highest BCUT2D eigenvalue weighted by Crippen LogP contribution is 2.30. The van der Waals surface area contributed by atoms with Crippen LogP contribution in [0.2, 0.25) is 0 Å². The van der Waals surface area contributed by atoms with E-state index in [9.17, 15) is 29.8 Å². The van der Waals surface area contributed by atoms with Crippen molar-refractivity contribution in [2.45, 2.75) is 6.04 Å². The normalized spacial score (nSPS) is 13.2. The highest BCUT2D eigenvalue weighted by Gasteiger charge is 2.29. The average molecular weight is 625 g/mol. The number of rotatable bonds is 8. The van der Waals surface area contributed by atoms with Gasteiger partial charge in [-0.05, 0) is 35.5 Å². The number of carbonyl (C=O) groups is 2. The van der Waals surface area contributed by atoms with Gasteiger partial charge in [-0.25, -0.2) is 0 Å². The van der Waals surface area contributed by atoms with Crippen molar-refractivity contribution in [3.63, 3.8) is 0 Å². The minimum absolute atomic E-state index is 0.0482. The van der Waals surface area contributed by atoms with Crippen molar-refractivity contribution in [1.82, 2.24) is 15.1 Å². The number of para-hydroxylation sites is 1. The van der Waals surface area contributed by atoms with E-state index in [1.807, 2.05) is 36.4 Å². The summed E-state index contributed by atoms with van der Waals surface area (Å²) in [5, 5.41) is 27.4. The molecule has 0 aliphatic carbocycles. The molecule has 4 aromatic carbocycles. The lowest BCUT2D eigenvalue weighted by Crippen LogP contribution is -2.50. The van der Waals surface area contributed by atoms with Gasteiger partial charge in [0.25, 0.3) is 23.2 Å². The number of hydrogen-bond acceptors (Lipinski definition) is 8. The van der Waals surface area contributed by atoms with E-state index >= 15 is 0 Å². The predicted molar refractivity (Wildman–Crippen MR) is 172 cm³/mol. The molecule has 13 heteroatoms. The topological polar surface area (TPSA) is 151 Å². The minimum Gasteiger partial charge on any atom is -0.336 e. The molecule has 0 saturated carbocycles. The van der Waals surface area contributed by atoms with Crippen molar-refractivity contribution >= 4 is 46.2 Å². The molecule has 1 fully saturated rings. The van der Waals surface area contributed by atoms with E-state index in [0.717, 1.165) is 18.2 Å². The average Bonchev–Trinajstić information content (AvgIpc) is 3.06. The zero-order valence-electron chi connectivity index (χ0n) is 23.9. The van der Waals surface area contributed by atoms with Gasteiger partial charge in [0.05, 0.1) is 38.8 Å². The number of anilines is 1. The van der Waals surface area contributed by atoms with Crippen molar-refractivity contribution in [1.29, 1.82) is 0 Å². The van der Waals surface area contributed by atoms with Crippen molar-refractivity contribution < 1.29 is 19.4 Å². The molecule has 0 spiro atoms. The Morgan fingerprint density at radius 1 is 0.733 bits per heavy atom. The van der Waals surface area contributed by atoms with Gasteiger partial charge in [0.1, 0.15) is 0 Å². The number of amides is 2. The fourth-order valence-electron chi connectivity index (χ4n) is 5.28. The fraction of sp³-hybridized carbons (Fsp3) is 0.156. The maximum absolute atomic E-state index is 13.7. The van der Waals surface area contributed by atoms with Crippen molar-refractivity contribution in [3.8, 4) is 0 Å². The monoisotopic (exact) mass is 624 g/mol.